The van der Waals surface area contributed by atoms with E-state index in [0.29, 0.717) is 28.8 Å². The minimum absolute atomic E-state index is 0.00921. The smallest absolute Gasteiger partial charge is 0.417 e. The molecule has 0 radical (unpaired) electrons. The molecule has 6 nitrogen and oxygen atoms in total. The van der Waals surface area contributed by atoms with Crippen LogP contribution in [0.1, 0.15) is 79.6 Å². The van der Waals surface area contributed by atoms with Crippen LogP contribution in [-0.4, -0.2) is 35.4 Å². The van der Waals surface area contributed by atoms with Gasteiger partial charge in [-0.15, -0.1) is 0 Å². The number of hydrogen-bond donors (Lipinski definition) is 0. The number of carbonyl (C=O) groups is 1. The Bertz CT molecular complexity index is 1390. The summed E-state index contributed by atoms with van der Waals surface area (Å²) in [6.07, 6.45) is -0.781. The van der Waals surface area contributed by atoms with Crippen molar-refractivity contribution in [1.29, 1.82) is 0 Å². The van der Waals surface area contributed by atoms with E-state index >= 15 is 0 Å². The maximum absolute atomic E-state index is 13.8. The van der Waals surface area contributed by atoms with Gasteiger partial charge in [0.1, 0.15) is 17.1 Å². The second kappa shape index (κ2) is 9.94. The second-order valence-corrected chi connectivity index (χ2v) is 12.1. The summed E-state index contributed by atoms with van der Waals surface area (Å²) in [7, 11) is 0. The number of anilines is 1. The largest absolute Gasteiger partial charge is 0.456 e. The molecule has 1 aromatic heterocycles. The van der Waals surface area contributed by atoms with Gasteiger partial charge in [-0.05, 0) is 76.8 Å². The van der Waals surface area contributed by atoms with Crippen molar-refractivity contribution in [1.82, 2.24) is 5.16 Å². The fourth-order valence-electron chi connectivity index (χ4n) is 6.02. The Morgan fingerprint density at radius 3 is 2.40 bits per heavy atom. The highest BCUT2D eigenvalue weighted by atomic mass is 19.4. The fourth-order valence-corrected chi connectivity index (χ4v) is 6.02. The van der Waals surface area contributed by atoms with Gasteiger partial charge in [0.25, 0.3) is 0 Å². The molecule has 1 aliphatic heterocycles. The molecule has 9 heteroatoms. The summed E-state index contributed by atoms with van der Waals surface area (Å²) in [5.74, 6) is 0.816. The number of rotatable bonds is 7. The maximum Gasteiger partial charge on any atom is 0.417 e. The summed E-state index contributed by atoms with van der Waals surface area (Å²) in [5, 5.41) is 4.11. The minimum Gasteiger partial charge on any atom is -0.456 e. The second-order valence-electron chi connectivity index (χ2n) is 12.1. The Balaban J connectivity index is 1.14. The molecule has 212 valence electrons. The molecule has 2 aliphatic carbocycles. The number of nitrogens with zero attached hydrogens (tertiary/aromatic N) is 2. The Morgan fingerprint density at radius 1 is 1.05 bits per heavy atom. The molecule has 3 aromatic rings. The van der Waals surface area contributed by atoms with E-state index in [2.05, 4.69) is 10.1 Å². The molecule has 40 heavy (non-hydrogen) atoms. The van der Waals surface area contributed by atoms with Crippen molar-refractivity contribution in [2.45, 2.75) is 82.9 Å². The molecule has 3 aliphatic rings. The van der Waals surface area contributed by atoms with Crippen LogP contribution < -0.4 is 4.90 Å². The molecule has 2 aromatic carbocycles. The van der Waals surface area contributed by atoms with Crippen LogP contribution in [0.2, 0.25) is 0 Å². The zero-order valence-electron chi connectivity index (χ0n) is 22.8. The third-order valence-electron chi connectivity index (χ3n) is 8.01. The zero-order valence-corrected chi connectivity index (χ0v) is 22.8. The van der Waals surface area contributed by atoms with Crippen molar-refractivity contribution in [3.05, 3.63) is 71.0 Å². The van der Waals surface area contributed by atoms with Crippen molar-refractivity contribution in [3.8, 4) is 11.3 Å². The van der Waals surface area contributed by atoms with Crippen LogP contribution in [-0.2, 0) is 22.3 Å². The highest BCUT2D eigenvalue weighted by molar-refractivity contribution is 5.90. The minimum atomic E-state index is -4.49. The quantitative estimate of drug-likeness (QED) is 0.284. The Hall–Kier alpha value is -3.33. The Morgan fingerprint density at radius 2 is 1.77 bits per heavy atom. The first kappa shape index (κ1) is 26.9. The van der Waals surface area contributed by atoms with Crippen molar-refractivity contribution in [2.24, 2.45) is 5.92 Å². The number of esters is 1. The predicted molar refractivity (Wildman–Crippen MR) is 143 cm³/mol. The zero-order chi connectivity index (χ0) is 28.2. The predicted octanol–water partition coefficient (Wildman–Crippen LogP) is 7.38. The van der Waals surface area contributed by atoms with Gasteiger partial charge in [-0.1, -0.05) is 23.4 Å². The number of piperidine rings is 1. The lowest BCUT2D eigenvalue weighted by Gasteiger charge is -2.33. The van der Waals surface area contributed by atoms with Gasteiger partial charge in [-0.2, -0.15) is 13.2 Å². The molecule has 0 unspecified atom stereocenters. The van der Waals surface area contributed by atoms with Crippen molar-refractivity contribution < 1.29 is 32.0 Å². The third kappa shape index (κ3) is 5.36. The van der Waals surface area contributed by atoms with Crippen molar-refractivity contribution in [3.63, 3.8) is 0 Å². The molecule has 0 N–H and O–H groups in total. The van der Waals surface area contributed by atoms with E-state index in [1.165, 1.54) is 12.1 Å². The van der Waals surface area contributed by atoms with E-state index in [4.69, 9.17) is 14.0 Å². The first-order valence-electron chi connectivity index (χ1n) is 13.8. The summed E-state index contributed by atoms with van der Waals surface area (Å²) < 4.78 is 58.8. The number of alkyl halides is 3. The molecule has 2 saturated carbocycles. The molecule has 0 spiro atoms. The summed E-state index contributed by atoms with van der Waals surface area (Å²) in [6.45, 7) is 6.53. The molecular weight excluding hydrogens is 521 g/mol. The Labute approximate surface area is 231 Å². The first-order chi connectivity index (χ1) is 19.0. The topological polar surface area (TPSA) is 64.8 Å². The van der Waals surface area contributed by atoms with E-state index in [-0.39, 0.29) is 35.9 Å². The van der Waals surface area contributed by atoms with Gasteiger partial charge < -0.3 is 18.9 Å². The molecule has 1 saturated heterocycles. The van der Waals surface area contributed by atoms with Crippen LogP contribution in [0.25, 0.3) is 11.3 Å². The third-order valence-corrected chi connectivity index (χ3v) is 8.01. The number of ether oxygens (including phenoxy) is 2. The van der Waals surface area contributed by atoms with Gasteiger partial charge in [0.15, 0.2) is 0 Å². The summed E-state index contributed by atoms with van der Waals surface area (Å²) in [5.41, 5.74) is 1.19. The summed E-state index contributed by atoms with van der Waals surface area (Å²) in [6, 6.07) is 13.3. The summed E-state index contributed by atoms with van der Waals surface area (Å²) in [4.78, 5) is 14.7. The number of carbonyl (C=O) groups excluding carboxylic acids is 1. The van der Waals surface area contributed by atoms with E-state index in [1.807, 2.05) is 32.9 Å². The van der Waals surface area contributed by atoms with Gasteiger partial charge >= 0.3 is 12.1 Å². The first-order valence-corrected chi connectivity index (χ1v) is 13.8. The van der Waals surface area contributed by atoms with Crippen LogP contribution in [0.4, 0.5) is 18.9 Å². The molecular formula is C31H33F3N2O4. The molecule has 0 amide bonds. The van der Waals surface area contributed by atoms with Gasteiger partial charge in [0.2, 0.25) is 0 Å². The standard InChI is InChI=1S/C31H33F3N2O4/c1-30(2,3)39-29(37)19-10-12-21(13-11-19)36-16-20-14-22(36)15-26(20)38-17-24-27(35-40-28(24)18-8-9-18)23-6-4-5-7-25(23)31(32,33)34/h4-7,10-13,18,20,22,26H,8-9,14-17H2,1-3H3/t20-,22-,26+/m0/s1. The number of aromatic nitrogens is 1. The fraction of sp³-hybridized carbons (Fsp3) is 0.484. The maximum atomic E-state index is 13.8. The van der Waals surface area contributed by atoms with Crippen LogP contribution >= 0.6 is 0 Å². The molecule has 2 heterocycles. The Kier molecular flexibility index (Phi) is 6.68. The van der Waals surface area contributed by atoms with E-state index < -0.39 is 17.3 Å². The molecule has 3 fully saturated rings. The normalized spacial score (nSPS) is 22.6. The molecule has 3 atom stereocenters. The van der Waals surface area contributed by atoms with E-state index in [9.17, 15) is 18.0 Å². The molecule has 6 rings (SSSR count). The van der Waals surface area contributed by atoms with Crippen LogP contribution in [0.3, 0.4) is 0 Å². The van der Waals surface area contributed by atoms with Gasteiger partial charge in [0.05, 0.1) is 23.8 Å². The number of benzene rings is 2. The van der Waals surface area contributed by atoms with Gasteiger partial charge in [-0.3, -0.25) is 0 Å². The SMILES string of the molecule is CC(C)(C)OC(=O)c1ccc(N2C[C@@H]3C[C@H]2C[C@H]3OCc2c(-c3ccccc3C(F)(F)F)noc2C2CC2)cc1. The average Bonchev–Trinajstić information content (AvgIpc) is 3.35. The van der Waals surface area contributed by atoms with Gasteiger partial charge in [-0.25, -0.2) is 4.79 Å². The average molecular weight is 555 g/mol. The van der Waals surface area contributed by atoms with Crippen molar-refractivity contribution >= 4 is 11.7 Å². The number of hydrogen-bond acceptors (Lipinski definition) is 6. The lowest BCUT2D eigenvalue weighted by Crippen LogP contribution is -2.38. The van der Waals surface area contributed by atoms with Gasteiger partial charge in [0, 0.05) is 41.2 Å². The molecule has 2 bridgehead atoms. The van der Waals surface area contributed by atoms with Crippen LogP contribution in [0, 0.1) is 5.92 Å². The van der Waals surface area contributed by atoms with Crippen molar-refractivity contribution in [2.75, 3.05) is 11.4 Å². The number of fused-ring (bicyclic) bond motifs is 2. The van der Waals surface area contributed by atoms with E-state index in [0.717, 1.165) is 44.0 Å². The van der Waals surface area contributed by atoms with Crippen LogP contribution in [0.5, 0.6) is 0 Å². The highest BCUT2D eigenvalue weighted by Gasteiger charge is 2.46. The lowest BCUT2D eigenvalue weighted by molar-refractivity contribution is -0.137. The van der Waals surface area contributed by atoms with Crippen LogP contribution in [0.15, 0.2) is 53.1 Å². The highest BCUT2D eigenvalue weighted by Crippen LogP contribution is 2.47. The van der Waals surface area contributed by atoms with E-state index in [1.54, 1.807) is 18.2 Å². The number of halogens is 3. The monoisotopic (exact) mass is 554 g/mol. The lowest BCUT2D eigenvalue weighted by atomic mass is 9.99. The summed E-state index contributed by atoms with van der Waals surface area (Å²) >= 11 is 0.